The van der Waals surface area contributed by atoms with Crippen molar-refractivity contribution in [2.75, 3.05) is 20.1 Å². The van der Waals surface area contributed by atoms with Crippen LogP contribution in [0.15, 0.2) is 97.1 Å². The minimum absolute atomic E-state index is 0.276. The molecule has 0 fully saturated rings. The van der Waals surface area contributed by atoms with Crippen LogP contribution in [-0.2, 0) is 9.47 Å². The molecule has 0 aliphatic rings. The van der Waals surface area contributed by atoms with E-state index < -0.39 is 69.9 Å². The van der Waals surface area contributed by atoms with Crippen molar-refractivity contribution in [1.29, 1.82) is 0 Å². The lowest BCUT2D eigenvalue weighted by atomic mass is 9.92. The van der Waals surface area contributed by atoms with E-state index in [-0.39, 0.29) is 22.3 Å². The van der Waals surface area contributed by atoms with Gasteiger partial charge in [0.1, 0.15) is 22.4 Å². The third kappa shape index (κ3) is 14.5. The Morgan fingerprint density at radius 1 is 0.462 bits per heavy atom. The summed E-state index contributed by atoms with van der Waals surface area (Å²) >= 11 is 0. The molecule has 0 bridgehead atoms. The first kappa shape index (κ1) is 51.6. The number of ether oxygens (including phenoxy) is 2. The van der Waals surface area contributed by atoms with Gasteiger partial charge in [-0.15, -0.1) is 0 Å². The van der Waals surface area contributed by atoms with Gasteiger partial charge in [0.15, 0.2) is 35.3 Å². The highest BCUT2D eigenvalue weighted by Gasteiger charge is 2.30. The summed E-state index contributed by atoms with van der Waals surface area (Å²) in [6, 6.07) is 25.4. The van der Waals surface area contributed by atoms with Crippen LogP contribution in [0.5, 0.6) is 0 Å². The average molecular weight is 895 g/mol. The SMILES string of the molecule is CN(CCCCCCNC(=O)OC(c1ccc(C(=O)C(C)(C)O)cc1)c1ccc(C(=O)C(C)(C)O)cc1)C(=O)OC(c1ccc(C(=O)C(C)(C)O)cc1)c1ccc(C(=O)C(C)(C)O)cc1. The Labute approximate surface area is 380 Å². The van der Waals surface area contributed by atoms with Gasteiger partial charge in [-0.1, -0.05) is 110 Å². The fraction of sp³-hybridized carbons (Fsp3) is 0.412. The normalized spacial score (nSPS) is 12.2. The van der Waals surface area contributed by atoms with Crippen molar-refractivity contribution in [3.05, 3.63) is 142 Å². The standard InChI is InChI=1S/C51H62N2O12/c1-48(2,60)42(54)36-22-14-32(15-23-36)40(33-16-24-37(25-17-33)43(55)49(3,4)61)64-46(58)52-30-12-10-11-13-31-53(9)47(59)65-41(34-18-26-38(27-19-34)44(56)50(5,6)62)35-20-28-39(29-21-35)45(57)51(7,8)63/h14-29,40-41,60-63H,10-13,30-31H2,1-9H3,(H,52,58). The molecule has 4 rings (SSSR count). The first-order chi connectivity index (χ1) is 30.2. The lowest BCUT2D eigenvalue weighted by molar-refractivity contribution is 0.0487. The van der Waals surface area contributed by atoms with Gasteiger partial charge in [0.2, 0.25) is 0 Å². The molecule has 14 heteroatoms. The summed E-state index contributed by atoms with van der Waals surface area (Å²) in [6.07, 6.45) is -0.480. The quantitative estimate of drug-likeness (QED) is 0.0401. The van der Waals surface area contributed by atoms with Crippen molar-refractivity contribution in [3.8, 4) is 0 Å². The Morgan fingerprint density at radius 2 is 0.738 bits per heavy atom. The van der Waals surface area contributed by atoms with Gasteiger partial charge < -0.3 is 40.1 Å². The van der Waals surface area contributed by atoms with Crippen molar-refractivity contribution in [3.63, 3.8) is 0 Å². The van der Waals surface area contributed by atoms with Gasteiger partial charge in [0.25, 0.3) is 0 Å². The molecule has 4 aromatic carbocycles. The number of carbonyl (C=O) groups excluding carboxylic acids is 6. The molecule has 0 aliphatic heterocycles. The van der Waals surface area contributed by atoms with Crippen LogP contribution in [0.1, 0.15) is 157 Å². The number of benzene rings is 4. The molecule has 14 nitrogen and oxygen atoms in total. The molecule has 0 atom stereocenters. The number of alkyl carbamates (subject to hydrolysis) is 1. The smallest absolute Gasteiger partial charge is 0.410 e. The fourth-order valence-electron chi connectivity index (χ4n) is 6.76. The first-order valence-electron chi connectivity index (χ1n) is 21.5. The molecule has 0 radical (unpaired) electrons. The topological polar surface area (TPSA) is 217 Å². The Morgan fingerprint density at radius 3 is 1.03 bits per heavy atom. The number of hydrogen-bond acceptors (Lipinski definition) is 12. The van der Waals surface area contributed by atoms with Crippen LogP contribution < -0.4 is 5.32 Å². The number of nitrogens with one attached hydrogen (secondary N) is 1. The van der Waals surface area contributed by atoms with Gasteiger partial charge in [0.05, 0.1) is 0 Å². The van der Waals surface area contributed by atoms with E-state index in [1.54, 1.807) is 104 Å². The largest absolute Gasteiger partial charge is 0.436 e. The van der Waals surface area contributed by atoms with Gasteiger partial charge >= 0.3 is 12.2 Å². The number of nitrogens with zero attached hydrogens (tertiary/aromatic N) is 1. The zero-order chi connectivity index (χ0) is 48.5. The van der Waals surface area contributed by atoms with Crippen LogP contribution in [0.25, 0.3) is 0 Å². The molecule has 0 saturated carbocycles. The molecule has 65 heavy (non-hydrogen) atoms. The molecular formula is C51H62N2O12. The summed E-state index contributed by atoms with van der Waals surface area (Å²) in [5.74, 6) is -1.89. The number of carbonyl (C=O) groups is 6. The zero-order valence-electron chi connectivity index (χ0n) is 38.6. The minimum atomic E-state index is -1.58. The highest BCUT2D eigenvalue weighted by Crippen LogP contribution is 2.31. The maximum atomic E-state index is 13.4. The lowest BCUT2D eigenvalue weighted by Gasteiger charge is -2.24. The van der Waals surface area contributed by atoms with E-state index in [4.69, 9.17) is 9.47 Å². The highest BCUT2D eigenvalue weighted by atomic mass is 16.6. The second-order valence-corrected chi connectivity index (χ2v) is 18.4. The maximum absolute atomic E-state index is 13.4. The molecular weight excluding hydrogens is 833 g/mol. The van der Waals surface area contributed by atoms with Gasteiger partial charge in [-0.25, -0.2) is 9.59 Å². The summed E-state index contributed by atoms with van der Waals surface area (Å²) in [5.41, 5.74) is -3.04. The molecule has 0 aromatic heterocycles. The van der Waals surface area contributed by atoms with Gasteiger partial charge in [-0.2, -0.15) is 0 Å². The van der Waals surface area contributed by atoms with E-state index in [9.17, 15) is 49.2 Å². The number of aliphatic hydroxyl groups is 4. The molecule has 348 valence electrons. The summed E-state index contributed by atoms with van der Waals surface area (Å²) in [5, 5.41) is 43.6. The number of Topliss-reactive ketones (excluding diaryl/α,β-unsaturated/α-hetero) is 4. The van der Waals surface area contributed by atoms with Crippen LogP contribution >= 0.6 is 0 Å². The average Bonchev–Trinajstić information content (AvgIpc) is 3.25. The predicted molar refractivity (Wildman–Crippen MR) is 244 cm³/mol. The van der Waals surface area contributed by atoms with Crippen molar-refractivity contribution < 1.29 is 58.7 Å². The van der Waals surface area contributed by atoms with E-state index in [1.165, 1.54) is 60.3 Å². The van der Waals surface area contributed by atoms with Gasteiger partial charge in [-0.3, -0.25) is 19.2 Å². The molecule has 5 N–H and O–H groups in total. The Kier molecular flexibility index (Phi) is 16.9. The van der Waals surface area contributed by atoms with Crippen LogP contribution in [-0.4, -0.2) is 103 Å². The van der Waals surface area contributed by atoms with Crippen LogP contribution in [0.4, 0.5) is 9.59 Å². The third-order valence-electron chi connectivity index (χ3n) is 10.6. The van der Waals surface area contributed by atoms with Gasteiger partial charge in [-0.05, 0) is 90.5 Å². The van der Waals surface area contributed by atoms with Gasteiger partial charge in [0, 0.05) is 42.4 Å². The first-order valence-corrected chi connectivity index (χ1v) is 21.5. The number of unbranched alkanes of at least 4 members (excludes halogenated alkanes) is 3. The zero-order valence-corrected chi connectivity index (χ0v) is 38.6. The van der Waals surface area contributed by atoms with Crippen molar-refractivity contribution >= 4 is 35.3 Å². The number of amides is 2. The number of rotatable bonds is 21. The molecule has 0 spiro atoms. The Bertz CT molecular complexity index is 2150. The van der Waals surface area contributed by atoms with E-state index in [0.717, 1.165) is 6.42 Å². The number of ketones is 4. The molecule has 2 amide bonds. The molecule has 0 aliphatic carbocycles. The molecule has 0 heterocycles. The Hall–Kier alpha value is -6.06. The summed E-state index contributed by atoms with van der Waals surface area (Å²) in [4.78, 5) is 78.6. The lowest BCUT2D eigenvalue weighted by Crippen LogP contribution is -2.31. The van der Waals surface area contributed by atoms with Crippen LogP contribution in [0.3, 0.4) is 0 Å². The van der Waals surface area contributed by atoms with Crippen LogP contribution in [0, 0.1) is 0 Å². The summed E-state index contributed by atoms with van der Waals surface area (Å²) < 4.78 is 11.9. The van der Waals surface area contributed by atoms with E-state index in [0.29, 0.717) is 54.6 Å². The van der Waals surface area contributed by atoms with Crippen molar-refractivity contribution in [2.24, 2.45) is 0 Å². The molecule has 0 saturated heterocycles. The van der Waals surface area contributed by atoms with E-state index in [1.807, 2.05) is 0 Å². The fourth-order valence-corrected chi connectivity index (χ4v) is 6.76. The van der Waals surface area contributed by atoms with Crippen molar-refractivity contribution in [1.82, 2.24) is 10.2 Å². The van der Waals surface area contributed by atoms with E-state index in [2.05, 4.69) is 5.32 Å². The van der Waals surface area contributed by atoms with E-state index >= 15 is 0 Å². The summed E-state index contributed by atoms with van der Waals surface area (Å²) in [7, 11) is 1.61. The van der Waals surface area contributed by atoms with Crippen LogP contribution in [0.2, 0.25) is 0 Å². The third-order valence-corrected chi connectivity index (χ3v) is 10.6. The van der Waals surface area contributed by atoms with Crippen molar-refractivity contribution in [2.45, 2.75) is 116 Å². The number of hydrogen-bond donors (Lipinski definition) is 5. The Balaban J connectivity index is 1.34. The molecule has 4 aromatic rings. The summed E-state index contributed by atoms with van der Waals surface area (Å²) in [6.45, 7) is 11.8. The maximum Gasteiger partial charge on any atom is 0.410 e. The molecule has 0 unspecified atom stereocenters. The second-order valence-electron chi connectivity index (χ2n) is 18.4. The highest BCUT2D eigenvalue weighted by molar-refractivity contribution is 6.03. The minimum Gasteiger partial charge on any atom is -0.436 e. The monoisotopic (exact) mass is 894 g/mol. The predicted octanol–water partition coefficient (Wildman–Crippen LogP) is 7.74. The second kappa shape index (κ2) is 21.3.